The average Bonchev–Trinajstić information content (AvgIpc) is 2.16. The van der Waals surface area contributed by atoms with Crippen molar-refractivity contribution in [1.29, 1.82) is 0 Å². The Balaban J connectivity index is 3.68. The van der Waals surface area contributed by atoms with E-state index < -0.39 is 9.84 Å². The lowest BCUT2D eigenvalue weighted by atomic mass is 10.0. The van der Waals surface area contributed by atoms with Gasteiger partial charge >= 0.3 is 0 Å². The maximum atomic E-state index is 11.6. The molecule has 0 aliphatic rings. The fourth-order valence-electron chi connectivity index (χ4n) is 1.62. The molecule has 4 heteroatoms. The van der Waals surface area contributed by atoms with Gasteiger partial charge in [-0.15, -0.1) is 0 Å². The third-order valence-electron chi connectivity index (χ3n) is 3.02. The molecule has 1 N–H and O–H groups in total. The average molecular weight is 263 g/mol. The fourth-order valence-corrected chi connectivity index (χ4v) is 2.49. The third-order valence-corrected chi connectivity index (χ3v) is 5.23. The molecule has 1 atom stereocenters. The van der Waals surface area contributed by atoms with Gasteiger partial charge in [0.05, 0.1) is 11.0 Å². The van der Waals surface area contributed by atoms with Crippen LogP contribution in [0.4, 0.5) is 0 Å². The second-order valence-corrected chi connectivity index (χ2v) is 8.27. The van der Waals surface area contributed by atoms with Crippen molar-refractivity contribution in [3.8, 4) is 0 Å². The molecule has 104 valence electrons. The SMILES string of the molecule is CC(C)CCCC(C)NCCS(=O)(=O)C(C)C. The quantitative estimate of drug-likeness (QED) is 0.695. The molecular weight excluding hydrogens is 234 g/mol. The minimum absolute atomic E-state index is 0.249. The molecule has 0 saturated carbocycles. The van der Waals surface area contributed by atoms with Crippen molar-refractivity contribution >= 4 is 9.84 Å². The van der Waals surface area contributed by atoms with Crippen molar-refractivity contribution in [2.75, 3.05) is 12.3 Å². The number of hydrogen-bond acceptors (Lipinski definition) is 3. The normalized spacial score (nSPS) is 14.5. The molecule has 0 spiro atoms. The monoisotopic (exact) mass is 263 g/mol. The van der Waals surface area contributed by atoms with Gasteiger partial charge in [0.25, 0.3) is 0 Å². The van der Waals surface area contributed by atoms with Crippen molar-refractivity contribution < 1.29 is 8.42 Å². The Kier molecular flexibility index (Phi) is 8.05. The van der Waals surface area contributed by atoms with E-state index in [1.807, 2.05) is 0 Å². The van der Waals surface area contributed by atoms with E-state index in [1.165, 1.54) is 12.8 Å². The third kappa shape index (κ3) is 8.61. The van der Waals surface area contributed by atoms with Crippen LogP contribution in [-0.4, -0.2) is 32.0 Å². The highest BCUT2D eigenvalue weighted by Crippen LogP contribution is 2.08. The van der Waals surface area contributed by atoms with E-state index in [-0.39, 0.29) is 11.0 Å². The molecule has 0 aromatic carbocycles. The van der Waals surface area contributed by atoms with Gasteiger partial charge in [0.1, 0.15) is 0 Å². The van der Waals surface area contributed by atoms with Gasteiger partial charge in [-0.25, -0.2) is 8.42 Å². The summed E-state index contributed by atoms with van der Waals surface area (Å²) < 4.78 is 23.2. The van der Waals surface area contributed by atoms with Gasteiger partial charge < -0.3 is 5.32 Å². The van der Waals surface area contributed by atoms with Gasteiger partial charge in [0.2, 0.25) is 0 Å². The first kappa shape index (κ1) is 16.9. The van der Waals surface area contributed by atoms with Crippen molar-refractivity contribution in [2.45, 2.75) is 65.2 Å². The lowest BCUT2D eigenvalue weighted by molar-refractivity contribution is 0.464. The first-order chi connectivity index (χ1) is 7.75. The van der Waals surface area contributed by atoms with Crippen LogP contribution in [0.2, 0.25) is 0 Å². The second-order valence-electron chi connectivity index (χ2n) is 5.60. The first-order valence-electron chi connectivity index (χ1n) is 6.70. The van der Waals surface area contributed by atoms with E-state index in [2.05, 4.69) is 26.1 Å². The van der Waals surface area contributed by atoms with E-state index in [4.69, 9.17) is 0 Å². The molecule has 0 fully saturated rings. The molecule has 0 heterocycles. The van der Waals surface area contributed by atoms with Crippen LogP contribution >= 0.6 is 0 Å². The van der Waals surface area contributed by atoms with Crippen LogP contribution in [-0.2, 0) is 9.84 Å². The number of rotatable bonds is 9. The Morgan fingerprint density at radius 1 is 1.00 bits per heavy atom. The predicted octanol–water partition coefficient (Wildman–Crippen LogP) is 2.61. The maximum Gasteiger partial charge on any atom is 0.153 e. The molecule has 0 aromatic heterocycles. The van der Waals surface area contributed by atoms with Crippen molar-refractivity contribution in [2.24, 2.45) is 5.92 Å². The molecular formula is C13H29NO2S. The topological polar surface area (TPSA) is 46.2 Å². The van der Waals surface area contributed by atoms with E-state index in [1.54, 1.807) is 13.8 Å². The zero-order chi connectivity index (χ0) is 13.5. The van der Waals surface area contributed by atoms with Gasteiger partial charge in [0, 0.05) is 12.6 Å². The summed E-state index contributed by atoms with van der Waals surface area (Å²) in [7, 11) is -2.89. The Labute approximate surface area is 107 Å². The van der Waals surface area contributed by atoms with E-state index in [9.17, 15) is 8.42 Å². The van der Waals surface area contributed by atoms with Crippen LogP contribution < -0.4 is 5.32 Å². The molecule has 0 saturated heterocycles. The molecule has 0 bridgehead atoms. The molecule has 1 unspecified atom stereocenters. The summed E-state index contributed by atoms with van der Waals surface area (Å²) in [6.45, 7) is 10.6. The molecule has 0 rings (SSSR count). The first-order valence-corrected chi connectivity index (χ1v) is 8.42. The maximum absolute atomic E-state index is 11.6. The van der Waals surface area contributed by atoms with Crippen LogP contribution in [0.5, 0.6) is 0 Å². The lowest BCUT2D eigenvalue weighted by Gasteiger charge is -2.15. The summed E-state index contributed by atoms with van der Waals surface area (Å²) in [5.74, 6) is 1.00. The standard InChI is InChI=1S/C13H29NO2S/c1-11(2)7-6-8-13(5)14-9-10-17(15,16)12(3)4/h11-14H,6-10H2,1-5H3. The van der Waals surface area contributed by atoms with Crippen molar-refractivity contribution in [3.05, 3.63) is 0 Å². The van der Waals surface area contributed by atoms with Crippen LogP contribution in [0.15, 0.2) is 0 Å². The minimum atomic E-state index is -2.89. The summed E-state index contributed by atoms with van der Waals surface area (Å²) in [6.07, 6.45) is 3.58. The zero-order valence-corrected chi connectivity index (χ0v) is 12.8. The molecule has 0 aliphatic carbocycles. The van der Waals surface area contributed by atoms with Gasteiger partial charge in [-0.05, 0) is 33.1 Å². The largest absolute Gasteiger partial charge is 0.313 e. The van der Waals surface area contributed by atoms with Crippen LogP contribution in [0, 0.1) is 5.92 Å². The number of hydrogen-bond donors (Lipinski definition) is 1. The second kappa shape index (κ2) is 8.09. The highest BCUT2D eigenvalue weighted by molar-refractivity contribution is 7.92. The smallest absolute Gasteiger partial charge is 0.153 e. The molecule has 0 aromatic rings. The Bertz CT molecular complexity index is 284. The molecule has 0 amide bonds. The van der Waals surface area contributed by atoms with E-state index >= 15 is 0 Å². The summed E-state index contributed by atoms with van der Waals surface area (Å²) in [5.41, 5.74) is 0. The zero-order valence-electron chi connectivity index (χ0n) is 12.0. The van der Waals surface area contributed by atoms with E-state index in [0.29, 0.717) is 12.6 Å². The highest BCUT2D eigenvalue weighted by Gasteiger charge is 2.15. The Morgan fingerprint density at radius 3 is 2.06 bits per heavy atom. The predicted molar refractivity (Wildman–Crippen MR) is 75.1 cm³/mol. The Hall–Kier alpha value is -0.0900. The van der Waals surface area contributed by atoms with Gasteiger partial charge in [-0.1, -0.05) is 26.7 Å². The number of sulfone groups is 1. The molecule has 3 nitrogen and oxygen atoms in total. The number of nitrogens with one attached hydrogen (secondary N) is 1. The summed E-state index contributed by atoms with van der Waals surface area (Å²) in [5, 5.41) is 3.02. The highest BCUT2D eigenvalue weighted by atomic mass is 32.2. The lowest BCUT2D eigenvalue weighted by Crippen LogP contribution is -2.32. The minimum Gasteiger partial charge on any atom is -0.313 e. The van der Waals surface area contributed by atoms with Crippen LogP contribution in [0.25, 0.3) is 0 Å². The van der Waals surface area contributed by atoms with Crippen LogP contribution in [0.1, 0.15) is 53.9 Å². The van der Waals surface area contributed by atoms with Crippen molar-refractivity contribution in [3.63, 3.8) is 0 Å². The molecule has 0 radical (unpaired) electrons. The van der Waals surface area contributed by atoms with Crippen molar-refractivity contribution in [1.82, 2.24) is 5.32 Å². The summed E-state index contributed by atoms with van der Waals surface area (Å²) in [6, 6.07) is 0.413. The molecule has 0 aliphatic heterocycles. The summed E-state index contributed by atoms with van der Waals surface area (Å²) >= 11 is 0. The Morgan fingerprint density at radius 2 is 1.59 bits per heavy atom. The van der Waals surface area contributed by atoms with Crippen LogP contribution in [0.3, 0.4) is 0 Å². The molecule has 17 heavy (non-hydrogen) atoms. The van der Waals surface area contributed by atoms with Gasteiger partial charge in [-0.2, -0.15) is 0 Å². The van der Waals surface area contributed by atoms with E-state index in [0.717, 1.165) is 12.3 Å². The summed E-state index contributed by atoms with van der Waals surface area (Å²) in [4.78, 5) is 0. The van der Waals surface area contributed by atoms with Gasteiger partial charge in [-0.3, -0.25) is 0 Å². The fraction of sp³-hybridized carbons (Fsp3) is 1.00. The van der Waals surface area contributed by atoms with Gasteiger partial charge in [0.15, 0.2) is 9.84 Å².